The molecule has 7 nitrogen and oxygen atoms in total. The summed E-state index contributed by atoms with van der Waals surface area (Å²) in [7, 11) is 4.41. The highest BCUT2D eigenvalue weighted by atomic mass is 16.5. The Morgan fingerprint density at radius 3 is 2.69 bits per heavy atom. The first-order valence-corrected chi connectivity index (χ1v) is 14.1. The highest BCUT2D eigenvalue weighted by molar-refractivity contribution is 6.47. The molecule has 8 heteroatoms. The van der Waals surface area contributed by atoms with E-state index in [1.165, 1.54) is 22.3 Å². The van der Waals surface area contributed by atoms with Crippen LogP contribution in [0, 0.1) is 5.92 Å². The summed E-state index contributed by atoms with van der Waals surface area (Å²) in [5.74, 6) is 2.54. The van der Waals surface area contributed by atoms with Gasteiger partial charge in [-0.2, -0.15) is 0 Å². The van der Waals surface area contributed by atoms with Crippen LogP contribution in [0.3, 0.4) is 0 Å². The molecule has 206 valence electrons. The molecule has 0 spiro atoms. The third-order valence-corrected chi connectivity index (χ3v) is 9.17. The number of likely N-dealkylation sites (tertiary alicyclic amines) is 1. The van der Waals surface area contributed by atoms with Gasteiger partial charge in [0.15, 0.2) is 0 Å². The molecule has 2 atom stereocenters. The fraction of sp³-hybridized carbons (Fsp3) is 0.516. The van der Waals surface area contributed by atoms with E-state index in [4.69, 9.17) is 19.1 Å². The quantitative estimate of drug-likeness (QED) is 0.452. The number of aliphatic hydroxyl groups is 1. The highest BCUT2D eigenvalue weighted by Crippen LogP contribution is 2.44. The molecule has 0 bridgehead atoms. The van der Waals surface area contributed by atoms with E-state index in [0.717, 1.165) is 66.4 Å². The van der Waals surface area contributed by atoms with Gasteiger partial charge in [0.05, 0.1) is 35.2 Å². The molecular weight excluding hydrogens is 489 g/mol. The molecule has 1 aliphatic carbocycles. The van der Waals surface area contributed by atoms with Gasteiger partial charge in [-0.05, 0) is 88.7 Å². The van der Waals surface area contributed by atoms with Crippen molar-refractivity contribution in [3.8, 4) is 28.1 Å². The lowest BCUT2D eigenvalue weighted by Crippen LogP contribution is -2.49. The molecule has 1 saturated heterocycles. The third-order valence-electron chi connectivity index (χ3n) is 9.17. The number of ether oxygens (including phenoxy) is 2. The van der Waals surface area contributed by atoms with Gasteiger partial charge in [0.1, 0.15) is 18.2 Å². The molecule has 2 aromatic carbocycles. The van der Waals surface area contributed by atoms with Gasteiger partial charge in [-0.25, -0.2) is 4.98 Å². The van der Waals surface area contributed by atoms with Crippen LogP contribution in [0.15, 0.2) is 30.3 Å². The van der Waals surface area contributed by atoms with Crippen LogP contribution in [0.1, 0.15) is 62.8 Å². The number of benzene rings is 2. The van der Waals surface area contributed by atoms with Gasteiger partial charge in [-0.15, -0.1) is 0 Å². The topological polar surface area (TPSA) is 79.8 Å². The summed E-state index contributed by atoms with van der Waals surface area (Å²) >= 11 is 0. The number of nitrogens with zero attached hydrogens (tertiary/aromatic N) is 2. The molecule has 0 saturated carbocycles. The molecule has 3 aliphatic rings. The lowest BCUT2D eigenvalue weighted by Gasteiger charge is -2.37. The molecule has 1 aromatic heterocycles. The van der Waals surface area contributed by atoms with Crippen molar-refractivity contribution in [2.24, 2.45) is 5.92 Å². The van der Waals surface area contributed by atoms with Gasteiger partial charge >= 0.3 is 7.48 Å². The number of imidazole rings is 1. The maximum absolute atomic E-state index is 10.4. The van der Waals surface area contributed by atoms with Gasteiger partial charge in [-0.3, -0.25) is 4.90 Å². The Bertz CT molecular complexity index is 1390. The first-order chi connectivity index (χ1) is 18.5. The largest absolute Gasteiger partial charge is 0.488 e. The van der Waals surface area contributed by atoms with Crippen molar-refractivity contribution in [1.29, 1.82) is 0 Å². The summed E-state index contributed by atoms with van der Waals surface area (Å²) in [4.78, 5) is 11.2. The van der Waals surface area contributed by atoms with Gasteiger partial charge in [0.2, 0.25) is 0 Å². The predicted octanol–water partition coefficient (Wildman–Crippen LogP) is 3.92. The van der Waals surface area contributed by atoms with Crippen LogP contribution in [0.5, 0.6) is 5.75 Å². The van der Waals surface area contributed by atoms with Crippen LogP contribution >= 0.6 is 0 Å². The zero-order chi connectivity index (χ0) is 27.5. The number of aryl methyl sites for hydroxylation is 2. The number of aromatic amines is 1. The molecular formula is C31H40BN3O4. The second-order valence-corrected chi connectivity index (χ2v) is 12.6. The molecule has 39 heavy (non-hydrogen) atoms. The van der Waals surface area contributed by atoms with Gasteiger partial charge in [0, 0.05) is 24.8 Å². The Morgan fingerprint density at radius 1 is 1.10 bits per heavy atom. The zero-order valence-electron chi connectivity index (χ0n) is 24.1. The van der Waals surface area contributed by atoms with E-state index in [2.05, 4.69) is 47.3 Å². The monoisotopic (exact) mass is 529 g/mol. The van der Waals surface area contributed by atoms with Crippen molar-refractivity contribution in [3.05, 3.63) is 53.0 Å². The van der Waals surface area contributed by atoms with Gasteiger partial charge in [-0.1, -0.05) is 23.7 Å². The van der Waals surface area contributed by atoms with Crippen LogP contribution in [0.2, 0.25) is 0 Å². The molecule has 3 heterocycles. The van der Waals surface area contributed by atoms with Crippen LogP contribution in [0.4, 0.5) is 0 Å². The Labute approximate surface area is 232 Å². The lowest BCUT2D eigenvalue weighted by molar-refractivity contribution is -0.0893. The van der Waals surface area contributed by atoms with Crippen molar-refractivity contribution >= 4 is 12.9 Å². The van der Waals surface area contributed by atoms with Crippen LogP contribution in [-0.4, -0.2) is 66.0 Å². The highest BCUT2D eigenvalue weighted by Gasteiger charge is 2.36. The number of rotatable bonds is 7. The SMILES string of the molecule is COC[C@H]1C[C@@H](c2nc3c([nH]2)-c2cc4c(cc2CC3)-c2ccc(BOC(C)(C)C(C)(C)O)cc2CO4)N(C)C1. The molecule has 2 aliphatic heterocycles. The number of methoxy groups -OCH3 is 1. The lowest BCUT2D eigenvalue weighted by atomic mass is 9.80. The number of H-pyrrole nitrogens is 1. The third kappa shape index (κ3) is 4.82. The van der Waals surface area contributed by atoms with Crippen molar-refractivity contribution in [3.63, 3.8) is 0 Å². The minimum Gasteiger partial charge on any atom is -0.488 e. The molecule has 1 fully saturated rings. The summed E-state index contributed by atoms with van der Waals surface area (Å²) < 4.78 is 17.8. The second-order valence-electron chi connectivity index (χ2n) is 12.6. The summed E-state index contributed by atoms with van der Waals surface area (Å²) in [6.45, 7) is 9.76. The van der Waals surface area contributed by atoms with Crippen LogP contribution in [0.25, 0.3) is 22.4 Å². The average Bonchev–Trinajstić information content (AvgIpc) is 3.49. The molecule has 2 N–H and O–H groups in total. The first-order valence-electron chi connectivity index (χ1n) is 14.1. The van der Waals surface area contributed by atoms with E-state index in [0.29, 0.717) is 26.0 Å². The Balaban J connectivity index is 1.26. The average molecular weight is 529 g/mol. The first kappa shape index (κ1) is 26.6. The van der Waals surface area contributed by atoms with Crippen molar-refractivity contribution < 1.29 is 19.2 Å². The van der Waals surface area contributed by atoms with Crippen molar-refractivity contribution in [2.75, 3.05) is 27.3 Å². The Kier molecular flexibility index (Phi) is 6.66. The number of nitrogens with one attached hydrogen (secondary N) is 1. The summed E-state index contributed by atoms with van der Waals surface area (Å²) in [6.07, 6.45) is 2.98. The summed E-state index contributed by atoms with van der Waals surface area (Å²) in [5, 5.41) is 10.4. The van der Waals surface area contributed by atoms with E-state index in [9.17, 15) is 5.11 Å². The number of fused-ring (bicyclic) bond motifs is 6. The molecule has 3 aromatic rings. The normalized spacial score (nSPS) is 20.6. The minimum absolute atomic E-state index is 0.298. The second kappa shape index (κ2) is 9.77. The zero-order valence-corrected chi connectivity index (χ0v) is 24.1. The van der Waals surface area contributed by atoms with Crippen LogP contribution < -0.4 is 10.2 Å². The number of hydrogen-bond donors (Lipinski definition) is 2. The summed E-state index contributed by atoms with van der Waals surface area (Å²) in [5.41, 5.74) is 7.89. The maximum atomic E-state index is 10.4. The van der Waals surface area contributed by atoms with E-state index in [1.807, 2.05) is 13.8 Å². The van der Waals surface area contributed by atoms with Crippen molar-refractivity contribution in [1.82, 2.24) is 14.9 Å². The standard InChI is InChI=1S/C31H40BN3O4/c1-30(2,36)31(3,4)39-32-21-8-9-22-20(12-21)17-38-27-14-23-19(13-24(22)27)7-10-25-28(23)34-29(33-25)26-11-18(16-37-6)15-35(26)5/h8-9,12-14,18,26,32,36H,7,10-11,15-17H2,1-6H3,(H,33,34)/t18-,26-/m0/s1. The molecule has 0 unspecified atom stereocenters. The molecule has 6 rings (SSSR count). The Morgan fingerprint density at radius 2 is 1.92 bits per heavy atom. The maximum Gasteiger partial charge on any atom is 0.309 e. The van der Waals surface area contributed by atoms with Gasteiger partial charge < -0.3 is 24.2 Å². The predicted molar refractivity (Wildman–Crippen MR) is 155 cm³/mol. The molecule has 0 amide bonds. The Hall–Kier alpha value is -2.65. The number of aromatic nitrogens is 2. The van der Waals surface area contributed by atoms with E-state index in [-0.39, 0.29) is 0 Å². The smallest absolute Gasteiger partial charge is 0.309 e. The van der Waals surface area contributed by atoms with Crippen LogP contribution in [-0.2, 0) is 28.8 Å². The van der Waals surface area contributed by atoms with Gasteiger partial charge in [0.25, 0.3) is 0 Å². The minimum atomic E-state index is -0.933. The fourth-order valence-corrected chi connectivity index (χ4v) is 6.13. The molecule has 0 radical (unpaired) electrons. The van der Waals surface area contributed by atoms with E-state index < -0.39 is 11.2 Å². The number of hydrogen-bond acceptors (Lipinski definition) is 6. The van der Waals surface area contributed by atoms with E-state index in [1.54, 1.807) is 21.0 Å². The fourth-order valence-electron chi connectivity index (χ4n) is 6.13. The van der Waals surface area contributed by atoms with Crippen molar-refractivity contribution in [2.45, 2.75) is 70.8 Å². The van der Waals surface area contributed by atoms with E-state index >= 15 is 0 Å². The summed E-state index contributed by atoms with van der Waals surface area (Å²) in [6, 6.07) is 11.3.